The molecule has 1 unspecified atom stereocenters. The maximum Gasteiger partial charge on any atom is 0.320 e. The van der Waals surface area contributed by atoms with Crippen LogP contribution < -0.4 is 4.74 Å². The van der Waals surface area contributed by atoms with Crippen molar-refractivity contribution < 1.29 is 14.6 Å². The molecule has 2 rings (SSSR count). The van der Waals surface area contributed by atoms with Crippen molar-refractivity contribution >= 4 is 17.6 Å². The molecule has 1 atom stereocenters. The molecule has 2 aromatic carbocycles. The number of carbonyl (C=O) groups is 1. The first-order valence-electron chi connectivity index (χ1n) is 8.19. The minimum atomic E-state index is -0.823. The monoisotopic (exact) mass is 361 g/mol. The Kier molecular flexibility index (Phi) is 6.45. The molecule has 0 aliphatic carbocycles. The molecule has 0 saturated heterocycles. The highest BCUT2D eigenvalue weighted by Crippen LogP contribution is 2.27. The number of carboxylic acids is 1. The Hall–Kier alpha value is -2.04. The summed E-state index contributed by atoms with van der Waals surface area (Å²) in [5.74, 6) is 0.0215. The number of aliphatic carboxylic acids is 1. The van der Waals surface area contributed by atoms with E-state index in [0.717, 1.165) is 28.0 Å². The quantitative estimate of drug-likeness (QED) is 0.792. The summed E-state index contributed by atoms with van der Waals surface area (Å²) in [5.41, 5.74) is 4.06. The van der Waals surface area contributed by atoms with Crippen LogP contribution in [0.1, 0.15) is 29.2 Å². The van der Waals surface area contributed by atoms with Crippen LogP contribution in [0, 0.1) is 13.8 Å². The second-order valence-electron chi connectivity index (χ2n) is 6.37. The number of hydrogen-bond acceptors (Lipinski definition) is 3. The van der Waals surface area contributed by atoms with Crippen LogP contribution in [0.3, 0.4) is 0 Å². The maximum absolute atomic E-state index is 11.1. The predicted octanol–water partition coefficient (Wildman–Crippen LogP) is 4.44. The average Bonchev–Trinajstić information content (AvgIpc) is 2.54. The molecule has 25 heavy (non-hydrogen) atoms. The summed E-state index contributed by atoms with van der Waals surface area (Å²) in [6, 6.07) is 11.2. The minimum absolute atomic E-state index is 0.413. The number of halogens is 1. The fraction of sp³-hybridized carbons (Fsp3) is 0.350. The van der Waals surface area contributed by atoms with Gasteiger partial charge in [0.1, 0.15) is 18.4 Å². The van der Waals surface area contributed by atoms with E-state index >= 15 is 0 Å². The maximum atomic E-state index is 11.1. The fourth-order valence-corrected chi connectivity index (χ4v) is 2.93. The van der Waals surface area contributed by atoms with Crippen LogP contribution >= 0.6 is 11.6 Å². The van der Waals surface area contributed by atoms with Gasteiger partial charge in [-0.3, -0.25) is 9.69 Å². The van der Waals surface area contributed by atoms with Crippen LogP contribution in [0.4, 0.5) is 0 Å². The zero-order chi connectivity index (χ0) is 18.6. The first-order chi connectivity index (χ1) is 11.8. The van der Waals surface area contributed by atoms with E-state index in [-0.39, 0.29) is 0 Å². The van der Waals surface area contributed by atoms with Crippen molar-refractivity contribution in [2.45, 2.75) is 40.0 Å². The number of benzene rings is 2. The Balaban J connectivity index is 2.12. The smallest absolute Gasteiger partial charge is 0.320 e. The standard InChI is InChI=1S/C20H24ClNO3/c1-13-9-16(11-22(4)15(3)20(23)24)10-14(2)19(13)25-12-17-7-5-6-8-18(17)21/h5-10,15H,11-12H2,1-4H3,(H,23,24). The van der Waals surface area contributed by atoms with Gasteiger partial charge in [-0.25, -0.2) is 0 Å². The van der Waals surface area contributed by atoms with Gasteiger partial charge in [-0.2, -0.15) is 0 Å². The van der Waals surface area contributed by atoms with Gasteiger partial charge in [0, 0.05) is 17.1 Å². The van der Waals surface area contributed by atoms with E-state index < -0.39 is 12.0 Å². The lowest BCUT2D eigenvalue weighted by Crippen LogP contribution is -2.35. The van der Waals surface area contributed by atoms with Crippen molar-refractivity contribution in [1.29, 1.82) is 0 Å². The van der Waals surface area contributed by atoms with E-state index in [1.807, 2.05) is 57.3 Å². The van der Waals surface area contributed by atoms with E-state index in [1.54, 1.807) is 11.8 Å². The Bertz CT molecular complexity index is 737. The third-order valence-electron chi connectivity index (χ3n) is 4.30. The molecule has 0 amide bonds. The van der Waals surface area contributed by atoms with Gasteiger partial charge in [-0.05, 0) is 50.6 Å². The zero-order valence-electron chi connectivity index (χ0n) is 15.0. The van der Waals surface area contributed by atoms with Gasteiger partial charge >= 0.3 is 5.97 Å². The minimum Gasteiger partial charge on any atom is -0.488 e. The molecule has 4 nitrogen and oxygen atoms in total. The van der Waals surface area contributed by atoms with Crippen LogP contribution in [0.15, 0.2) is 36.4 Å². The van der Waals surface area contributed by atoms with Crippen molar-refractivity contribution in [3.8, 4) is 5.75 Å². The van der Waals surface area contributed by atoms with Gasteiger partial charge < -0.3 is 9.84 Å². The largest absolute Gasteiger partial charge is 0.488 e. The molecule has 0 bridgehead atoms. The lowest BCUT2D eigenvalue weighted by Gasteiger charge is -2.22. The van der Waals surface area contributed by atoms with Gasteiger partial charge in [0.25, 0.3) is 0 Å². The van der Waals surface area contributed by atoms with Crippen molar-refractivity contribution in [2.24, 2.45) is 0 Å². The number of aryl methyl sites for hydroxylation is 2. The second kappa shape index (κ2) is 8.37. The SMILES string of the molecule is Cc1cc(CN(C)C(C)C(=O)O)cc(C)c1OCc1ccccc1Cl. The van der Waals surface area contributed by atoms with Crippen molar-refractivity contribution in [1.82, 2.24) is 4.90 Å². The normalized spacial score (nSPS) is 12.2. The van der Waals surface area contributed by atoms with E-state index in [1.165, 1.54) is 0 Å². The van der Waals surface area contributed by atoms with Gasteiger partial charge in [-0.15, -0.1) is 0 Å². The lowest BCUT2D eigenvalue weighted by atomic mass is 10.0. The summed E-state index contributed by atoms with van der Waals surface area (Å²) in [7, 11) is 1.81. The first-order valence-corrected chi connectivity index (χ1v) is 8.56. The van der Waals surface area contributed by atoms with Crippen molar-refractivity contribution in [3.63, 3.8) is 0 Å². The molecule has 0 saturated carbocycles. The number of rotatable bonds is 7. The number of ether oxygens (including phenoxy) is 1. The molecule has 0 radical (unpaired) electrons. The molecule has 0 heterocycles. The predicted molar refractivity (Wildman–Crippen MR) is 100 cm³/mol. The van der Waals surface area contributed by atoms with E-state index in [4.69, 9.17) is 21.4 Å². The number of nitrogens with zero attached hydrogens (tertiary/aromatic N) is 1. The summed E-state index contributed by atoms with van der Waals surface area (Å²) < 4.78 is 5.99. The summed E-state index contributed by atoms with van der Waals surface area (Å²) in [5, 5.41) is 9.81. The third kappa shape index (κ3) is 4.97. The van der Waals surface area contributed by atoms with Crippen molar-refractivity contribution in [3.05, 3.63) is 63.7 Å². The molecule has 0 aliphatic rings. The lowest BCUT2D eigenvalue weighted by molar-refractivity contribution is -0.142. The molecule has 5 heteroatoms. The van der Waals surface area contributed by atoms with E-state index in [0.29, 0.717) is 18.2 Å². The van der Waals surface area contributed by atoms with Crippen LogP contribution in [-0.4, -0.2) is 29.1 Å². The Labute approximate surface area is 154 Å². The third-order valence-corrected chi connectivity index (χ3v) is 4.67. The van der Waals surface area contributed by atoms with Crippen molar-refractivity contribution in [2.75, 3.05) is 7.05 Å². The molecule has 0 spiro atoms. The van der Waals surface area contributed by atoms with Crippen LogP contribution in [0.2, 0.25) is 5.02 Å². The van der Waals surface area contributed by atoms with E-state index in [2.05, 4.69) is 0 Å². The molecule has 2 aromatic rings. The molecule has 1 N–H and O–H groups in total. The molecule has 0 aliphatic heterocycles. The summed E-state index contributed by atoms with van der Waals surface area (Å²) in [4.78, 5) is 12.9. The topological polar surface area (TPSA) is 49.8 Å². The Morgan fingerprint density at radius 3 is 2.40 bits per heavy atom. The Morgan fingerprint density at radius 2 is 1.84 bits per heavy atom. The van der Waals surface area contributed by atoms with E-state index in [9.17, 15) is 4.79 Å². The van der Waals surface area contributed by atoms with Crippen LogP contribution in [0.25, 0.3) is 0 Å². The Morgan fingerprint density at radius 1 is 1.24 bits per heavy atom. The van der Waals surface area contributed by atoms with Gasteiger partial charge in [-0.1, -0.05) is 41.9 Å². The van der Waals surface area contributed by atoms with Gasteiger partial charge in [0.15, 0.2) is 0 Å². The summed E-state index contributed by atoms with van der Waals surface area (Å²) in [6.07, 6.45) is 0. The molecular weight excluding hydrogens is 338 g/mol. The number of likely N-dealkylation sites (N-methyl/N-ethyl adjacent to an activating group) is 1. The highest BCUT2D eigenvalue weighted by atomic mass is 35.5. The molecular formula is C20H24ClNO3. The second-order valence-corrected chi connectivity index (χ2v) is 6.78. The highest BCUT2D eigenvalue weighted by Gasteiger charge is 2.17. The number of hydrogen-bond donors (Lipinski definition) is 1. The van der Waals surface area contributed by atoms with Crippen LogP contribution in [-0.2, 0) is 17.9 Å². The fourth-order valence-electron chi connectivity index (χ4n) is 2.74. The van der Waals surface area contributed by atoms with Gasteiger partial charge in [0.2, 0.25) is 0 Å². The number of carboxylic acid groups (broad SMARTS) is 1. The highest BCUT2D eigenvalue weighted by molar-refractivity contribution is 6.31. The average molecular weight is 362 g/mol. The summed E-state index contributed by atoms with van der Waals surface area (Å²) in [6.45, 7) is 6.66. The van der Waals surface area contributed by atoms with Crippen LogP contribution in [0.5, 0.6) is 5.75 Å². The summed E-state index contributed by atoms with van der Waals surface area (Å²) >= 11 is 6.17. The zero-order valence-corrected chi connectivity index (χ0v) is 15.8. The first kappa shape index (κ1) is 19.3. The van der Waals surface area contributed by atoms with Gasteiger partial charge in [0.05, 0.1) is 0 Å². The molecule has 134 valence electrons. The molecule has 0 fully saturated rings. The molecule has 0 aromatic heterocycles.